The van der Waals surface area contributed by atoms with E-state index in [1.165, 1.54) is 5.56 Å². The third-order valence-electron chi connectivity index (χ3n) is 6.18. The van der Waals surface area contributed by atoms with Crippen molar-refractivity contribution >= 4 is 27.5 Å². The van der Waals surface area contributed by atoms with Crippen molar-refractivity contribution in [3.05, 3.63) is 102 Å². The lowest BCUT2D eigenvalue weighted by atomic mass is 9.93. The zero-order chi connectivity index (χ0) is 20.2. The molecule has 0 radical (unpaired) electrons. The van der Waals surface area contributed by atoms with E-state index < -0.39 is 0 Å². The van der Waals surface area contributed by atoms with Crippen LogP contribution in [0.15, 0.2) is 84.9 Å². The lowest BCUT2D eigenvalue weighted by molar-refractivity contribution is 0.104. The van der Waals surface area contributed by atoms with Gasteiger partial charge in [0.1, 0.15) is 0 Å². The molecule has 6 rings (SSSR count). The van der Waals surface area contributed by atoms with Crippen LogP contribution in [-0.2, 0) is 6.42 Å². The zero-order valence-electron chi connectivity index (χ0n) is 16.6. The number of ketones is 1. The van der Waals surface area contributed by atoms with Gasteiger partial charge < -0.3 is 0 Å². The van der Waals surface area contributed by atoms with E-state index in [4.69, 9.17) is 4.98 Å². The number of aromatic nitrogens is 1. The molecule has 0 fully saturated rings. The first-order valence-corrected chi connectivity index (χ1v) is 10.3. The molecule has 0 unspecified atom stereocenters. The molecule has 0 aliphatic heterocycles. The monoisotopic (exact) mass is 385 g/mol. The van der Waals surface area contributed by atoms with Gasteiger partial charge in [-0.05, 0) is 34.4 Å². The predicted octanol–water partition coefficient (Wildman–Crippen LogP) is 6.83. The average molecular weight is 385 g/mol. The summed E-state index contributed by atoms with van der Waals surface area (Å²) in [6.45, 7) is 2.15. The van der Waals surface area contributed by atoms with Crippen LogP contribution in [0.4, 0.5) is 0 Å². The summed E-state index contributed by atoms with van der Waals surface area (Å²) < 4.78 is 0. The van der Waals surface area contributed by atoms with E-state index in [-0.39, 0.29) is 5.78 Å². The number of fused-ring (bicyclic) bond motifs is 7. The van der Waals surface area contributed by atoms with Crippen molar-refractivity contribution in [1.29, 1.82) is 0 Å². The fraction of sp³-hybridized carbons (Fsp3) is 0.0714. The molecular formula is C28H19NO. The van der Waals surface area contributed by atoms with E-state index in [2.05, 4.69) is 61.5 Å². The minimum atomic E-state index is 0.0671. The summed E-state index contributed by atoms with van der Waals surface area (Å²) >= 11 is 0. The smallest absolute Gasteiger partial charge is 0.196 e. The summed E-state index contributed by atoms with van der Waals surface area (Å²) in [5.74, 6) is 0.0671. The summed E-state index contributed by atoms with van der Waals surface area (Å²) in [6.07, 6.45) is 0.986. The summed E-state index contributed by atoms with van der Waals surface area (Å²) in [7, 11) is 0. The van der Waals surface area contributed by atoms with Gasteiger partial charge in [-0.2, -0.15) is 0 Å². The third-order valence-corrected chi connectivity index (χ3v) is 6.18. The number of aryl methyl sites for hydroxylation is 1. The number of benzene rings is 4. The summed E-state index contributed by atoms with van der Waals surface area (Å²) in [5.41, 5.74) is 7.48. The molecule has 0 N–H and O–H groups in total. The van der Waals surface area contributed by atoms with Crippen LogP contribution in [0.5, 0.6) is 0 Å². The molecule has 1 aliphatic carbocycles. The molecule has 1 aliphatic rings. The van der Waals surface area contributed by atoms with E-state index in [1.807, 2.05) is 30.3 Å². The highest BCUT2D eigenvalue weighted by Gasteiger charge is 2.32. The predicted molar refractivity (Wildman–Crippen MR) is 123 cm³/mol. The Morgan fingerprint density at radius 2 is 1.47 bits per heavy atom. The van der Waals surface area contributed by atoms with Gasteiger partial charge in [0.15, 0.2) is 5.78 Å². The highest BCUT2D eigenvalue weighted by Crippen LogP contribution is 2.46. The van der Waals surface area contributed by atoms with Crippen LogP contribution < -0.4 is 0 Å². The molecule has 2 heteroatoms. The van der Waals surface area contributed by atoms with Crippen LogP contribution in [-0.4, -0.2) is 10.8 Å². The van der Waals surface area contributed by atoms with Gasteiger partial charge in [0.25, 0.3) is 0 Å². The summed E-state index contributed by atoms with van der Waals surface area (Å²) in [6, 6.07) is 28.9. The summed E-state index contributed by atoms with van der Waals surface area (Å²) in [5, 5.41) is 3.36. The molecule has 142 valence electrons. The highest BCUT2D eigenvalue weighted by molar-refractivity contribution is 6.30. The van der Waals surface area contributed by atoms with Crippen LogP contribution in [0.2, 0.25) is 0 Å². The molecule has 0 spiro atoms. The molecule has 5 aromatic rings. The minimum absolute atomic E-state index is 0.0671. The lowest BCUT2D eigenvalue weighted by Gasteiger charge is -2.14. The van der Waals surface area contributed by atoms with Crippen LogP contribution >= 0.6 is 0 Å². The van der Waals surface area contributed by atoms with Gasteiger partial charge >= 0.3 is 0 Å². The standard InChI is InChI=1S/C28H19NO/c1-2-17-11-13-19(14-12-17)27-26-25(21-9-5-6-10-22(21)28(26)30)24-20-8-4-3-7-18(20)15-16-23(24)29-27/h3-16H,2H2,1H3. The van der Waals surface area contributed by atoms with Crippen molar-refractivity contribution in [2.45, 2.75) is 13.3 Å². The molecule has 0 bridgehead atoms. The fourth-order valence-electron chi connectivity index (χ4n) is 4.67. The molecular weight excluding hydrogens is 366 g/mol. The highest BCUT2D eigenvalue weighted by atomic mass is 16.1. The Hall–Kier alpha value is -3.78. The first-order chi connectivity index (χ1) is 14.8. The summed E-state index contributed by atoms with van der Waals surface area (Å²) in [4.78, 5) is 18.6. The molecule has 0 atom stereocenters. The van der Waals surface area contributed by atoms with E-state index in [0.29, 0.717) is 0 Å². The van der Waals surface area contributed by atoms with Gasteiger partial charge in [-0.15, -0.1) is 0 Å². The van der Waals surface area contributed by atoms with Crippen LogP contribution in [0.3, 0.4) is 0 Å². The Kier molecular flexibility index (Phi) is 3.63. The van der Waals surface area contributed by atoms with Gasteiger partial charge in [0.05, 0.1) is 16.8 Å². The Morgan fingerprint density at radius 3 is 2.27 bits per heavy atom. The van der Waals surface area contributed by atoms with E-state index in [9.17, 15) is 4.79 Å². The Balaban J connectivity index is 1.79. The maximum absolute atomic E-state index is 13.5. The Bertz CT molecular complexity index is 1480. The lowest BCUT2D eigenvalue weighted by Crippen LogP contribution is -2.01. The van der Waals surface area contributed by atoms with Gasteiger partial charge in [-0.1, -0.05) is 85.8 Å². The quantitative estimate of drug-likeness (QED) is 0.306. The molecule has 0 saturated carbocycles. The number of hydrogen-bond donors (Lipinski definition) is 0. The molecule has 30 heavy (non-hydrogen) atoms. The van der Waals surface area contributed by atoms with Crippen molar-refractivity contribution in [3.8, 4) is 22.4 Å². The van der Waals surface area contributed by atoms with Gasteiger partial charge in [-0.3, -0.25) is 4.79 Å². The molecule has 1 aromatic heterocycles. The normalized spacial score (nSPS) is 12.4. The molecule has 4 aromatic carbocycles. The average Bonchev–Trinajstić information content (AvgIpc) is 3.11. The molecule has 0 amide bonds. The van der Waals surface area contributed by atoms with Gasteiger partial charge in [0, 0.05) is 22.1 Å². The number of pyridine rings is 1. The topological polar surface area (TPSA) is 30.0 Å². The maximum atomic E-state index is 13.5. The zero-order valence-corrected chi connectivity index (χ0v) is 16.6. The van der Waals surface area contributed by atoms with Crippen LogP contribution in [0, 0.1) is 0 Å². The maximum Gasteiger partial charge on any atom is 0.196 e. The van der Waals surface area contributed by atoms with Crippen LogP contribution in [0.25, 0.3) is 44.1 Å². The largest absolute Gasteiger partial charge is 0.288 e. The van der Waals surface area contributed by atoms with E-state index in [1.54, 1.807) is 0 Å². The fourth-order valence-corrected chi connectivity index (χ4v) is 4.67. The molecule has 0 saturated heterocycles. The first-order valence-electron chi connectivity index (χ1n) is 10.3. The van der Waals surface area contributed by atoms with Crippen molar-refractivity contribution in [3.63, 3.8) is 0 Å². The number of hydrogen-bond acceptors (Lipinski definition) is 2. The minimum Gasteiger partial charge on any atom is -0.288 e. The van der Waals surface area contributed by atoms with Crippen molar-refractivity contribution < 1.29 is 4.79 Å². The molecule has 1 heterocycles. The number of carbonyl (C=O) groups excluding carboxylic acids is 1. The number of nitrogens with zero attached hydrogens (tertiary/aromatic N) is 1. The second-order valence-electron chi connectivity index (χ2n) is 7.82. The Labute approximate surface area is 174 Å². The number of carbonyl (C=O) groups is 1. The van der Waals surface area contributed by atoms with Crippen molar-refractivity contribution in [1.82, 2.24) is 4.98 Å². The SMILES string of the molecule is CCc1ccc(-c2nc3ccc4ccccc4c3c3c2C(=O)c2ccccc2-3)cc1. The van der Waals surface area contributed by atoms with Crippen LogP contribution in [0.1, 0.15) is 28.4 Å². The van der Waals surface area contributed by atoms with Gasteiger partial charge in [-0.25, -0.2) is 4.98 Å². The second kappa shape index (κ2) is 6.36. The van der Waals surface area contributed by atoms with Crippen molar-refractivity contribution in [2.24, 2.45) is 0 Å². The Morgan fingerprint density at radius 1 is 0.733 bits per heavy atom. The second-order valence-corrected chi connectivity index (χ2v) is 7.82. The third kappa shape index (κ3) is 2.31. The van der Waals surface area contributed by atoms with E-state index >= 15 is 0 Å². The first kappa shape index (κ1) is 17.1. The molecule has 2 nitrogen and oxygen atoms in total. The van der Waals surface area contributed by atoms with Crippen molar-refractivity contribution in [2.75, 3.05) is 0 Å². The van der Waals surface area contributed by atoms with E-state index in [0.717, 1.165) is 61.6 Å². The van der Waals surface area contributed by atoms with Gasteiger partial charge in [0.2, 0.25) is 0 Å². The number of rotatable bonds is 2.